The van der Waals surface area contributed by atoms with Gasteiger partial charge in [-0.2, -0.15) is 0 Å². The van der Waals surface area contributed by atoms with Crippen LogP contribution in [-0.2, 0) is 10.5 Å². The van der Waals surface area contributed by atoms with Gasteiger partial charge in [0.15, 0.2) is 22.5 Å². The highest BCUT2D eigenvalue weighted by molar-refractivity contribution is 8.00. The number of benzene rings is 1. The topological polar surface area (TPSA) is 68.0 Å². The van der Waals surface area contributed by atoms with E-state index < -0.39 is 11.0 Å². The number of thioether (sulfide) groups is 1. The quantitative estimate of drug-likeness (QED) is 0.871. The van der Waals surface area contributed by atoms with Crippen molar-refractivity contribution in [2.75, 3.05) is 0 Å². The van der Waals surface area contributed by atoms with Crippen LogP contribution < -0.4 is 0 Å². The van der Waals surface area contributed by atoms with Crippen LogP contribution in [0.15, 0.2) is 29.4 Å². The highest BCUT2D eigenvalue weighted by Crippen LogP contribution is 2.52. The maximum absolute atomic E-state index is 12.4. The van der Waals surface area contributed by atoms with Crippen molar-refractivity contribution in [3.05, 3.63) is 29.8 Å². The number of aryl methyl sites for hydroxylation is 1. The van der Waals surface area contributed by atoms with E-state index in [2.05, 4.69) is 10.1 Å². The zero-order valence-corrected chi connectivity index (χ0v) is 14.2. The summed E-state index contributed by atoms with van der Waals surface area (Å²) >= 11 is 1.34. The van der Waals surface area contributed by atoms with E-state index in [4.69, 9.17) is 0 Å². The molecule has 0 unspecified atom stereocenters. The summed E-state index contributed by atoms with van der Waals surface area (Å²) in [4.78, 5) is 17.0. The second-order valence-corrected chi connectivity index (χ2v) is 8.43. The van der Waals surface area contributed by atoms with Crippen LogP contribution in [0.3, 0.4) is 0 Å². The van der Waals surface area contributed by atoms with E-state index in [9.17, 15) is 9.90 Å². The Hall–Kier alpha value is -1.66. The number of carbonyl (C=O) groups excluding carboxylic acids is 1. The summed E-state index contributed by atoms with van der Waals surface area (Å²) in [5, 5.41) is 15.9. The molecule has 6 heteroatoms. The minimum atomic E-state index is -1.27. The number of ketones is 1. The normalized spacial score (nSPS) is 28.5. The van der Waals surface area contributed by atoms with Gasteiger partial charge in [0.1, 0.15) is 5.25 Å². The summed E-state index contributed by atoms with van der Waals surface area (Å²) in [6.07, 6.45) is 0.996. The van der Waals surface area contributed by atoms with E-state index in [1.54, 1.807) is 4.68 Å². The summed E-state index contributed by atoms with van der Waals surface area (Å²) < 4.78 is 1.57. The molecule has 0 amide bonds. The van der Waals surface area contributed by atoms with Crippen LogP contribution in [0.5, 0.6) is 0 Å². The molecule has 1 aliphatic carbocycles. The first-order valence-electron chi connectivity index (χ1n) is 7.75. The molecule has 120 valence electrons. The Morgan fingerprint density at radius 1 is 1.39 bits per heavy atom. The van der Waals surface area contributed by atoms with Gasteiger partial charge in [-0.25, -0.2) is 9.67 Å². The third-order valence-corrected chi connectivity index (χ3v) is 5.90. The van der Waals surface area contributed by atoms with Crippen LogP contribution >= 0.6 is 11.8 Å². The third-order valence-electron chi connectivity index (χ3n) is 4.55. The third kappa shape index (κ3) is 2.23. The van der Waals surface area contributed by atoms with E-state index in [0.717, 1.165) is 11.1 Å². The average Bonchev–Trinajstić information content (AvgIpc) is 2.96. The lowest BCUT2D eigenvalue weighted by Gasteiger charge is -2.41. The Kier molecular flexibility index (Phi) is 3.03. The zero-order chi connectivity index (χ0) is 16.4. The molecule has 0 saturated heterocycles. The monoisotopic (exact) mass is 329 g/mol. The summed E-state index contributed by atoms with van der Waals surface area (Å²) in [5.41, 5.74) is 0.554. The molecule has 0 spiro atoms. The van der Waals surface area contributed by atoms with E-state index >= 15 is 0 Å². The van der Waals surface area contributed by atoms with Gasteiger partial charge < -0.3 is 5.11 Å². The molecule has 23 heavy (non-hydrogen) atoms. The molecular formula is C17H19N3O2S. The minimum Gasteiger partial charge on any atom is -0.368 e. The number of carbonyl (C=O) groups is 1. The number of aliphatic hydroxyl groups is 1. The van der Waals surface area contributed by atoms with Gasteiger partial charge in [0.2, 0.25) is 0 Å². The van der Waals surface area contributed by atoms with Crippen LogP contribution in [0.1, 0.15) is 32.3 Å². The summed E-state index contributed by atoms with van der Waals surface area (Å²) in [6.45, 7) is 6.05. The number of fused-ring (bicyclic) bond motifs is 3. The molecule has 5 nitrogen and oxygen atoms in total. The van der Waals surface area contributed by atoms with Crippen LogP contribution in [0.2, 0.25) is 0 Å². The van der Waals surface area contributed by atoms with Crippen molar-refractivity contribution in [2.24, 2.45) is 5.41 Å². The van der Waals surface area contributed by atoms with Crippen LogP contribution in [-0.4, -0.2) is 30.9 Å². The minimum absolute atomic E-state index is 0.0816. The molecule has 2 aliphatic rings. The molecule has 0 bridgehead atoms. The predicted molar refractivity (Wildman–Crippen MR) is 88.1 cm³/mol. The molecular weight excluding hydrogens is 310 g/mol. The molecule has 0 radical (unpaired) electrons. The van der Waals surface area contributed by atoms with Crippen LogP contribution in [0.25, 0.3) is 11.4 Å². The lowest BCUT2D eigenvalue weighted by atomic mass is 9.72. The van der Waals surface area contributed by atoms with E-state index in [-0.39, 0.29) is 11.2 Å². The number of rotatable bonds is 1. The molecule has 2 atom stereocenters. The van der Waals surface area contributed by atoms with Crippen LogP contribution in [0.4, 0.5) is 0 Å². The molecule has 1 saturated carbocycles. The second kappa shape index (κ2) is 4.68. The van der Waals surface area contributed by atoms with Crippen molar-refractivity contribution < 1.29 is 9.90 Å². The second-order valence-electron chi connectivity index (χ2n) is 7.36. The summed E-state index contributed by atoms with van der Waals surface area (Å²) in [6, 6.07) is 7.97. The highest BCUT2D eigenvalue weighted by Gasteiger charge is 2.58. The Bertz CT molecular complexity index is 814. The molecule has 1 aromatic carbocycles. The first-order chi connectivity index (χ1) is 10.8. The Morgan fingerprint density at radius 3 is 2.91 bits per heavy atom. The summed E-state index contributed by atoms with van der Waals surface area (Å²) in [5.74, 6) is 0.678. The van der Waals surface area contributed by atoms with E-state index in [0.29, 0.717) is 23.8 Å². The molecule has 1 aromatic heterocycles. The first-order valence-corrected chi connectivity index (χ1v) is 8.63. The Morgan fingerprint density at radius 2 is 2.17 bits per heavy atom. The lowest BCUT2D eigenvalue weighted by Crippen LogP contribution is -2.52. The zero-order valence-electron chi connectivity index (χ0n) is 13.4. The highest BCUT2D eigenvalue weighted by atomic mass is 32.2. The van der Waals surface area contributed by atoms with Crippen molar-refractivity contribution in [3.63, 3.8) is 0 Å². The SMILES string of the molecule is Cc1cccc(-c2nc3n(n2)[C@@]2(O)CC(C)(C)CC(=O)[C@H]2S3)c1. The van der Waals surface area contributed by atoms with Gasteiger partial charge >= 0.3 is 0 Å². The van der Waals surface area contributed by atoms with Crippen molar-refractivity contribution >= 4 is 17.5 Å². The van der Waals surface area contributed by atoms with Crippen LogP contribution in [0, 0.1) is 12.3 Å². The molecule has 1 N–H and O–H groups in total. The number of Topliss-reactive ketones (excluding diaryl/α,β-unsaturated/α-hetero) is 1. The van der Waals surface area contributed by atoms with E-state index in [1.165, 1.54) is 11.8 Å². The molecule has 2 aromatic rings. The maximum atomic E-state index is 12.4. The largest absolute Gasteiger partial charge is 0.368 e. The summed E-state index contributed by atoms with van der Waals surface area (Å²) in [7, 11) is 0. The van der Waals surface area contributed by atoms with Gasteiger partial charge in [-0.15, -0.1) is 5.10 Å². The van der Waals surface area contributed by atoms with Crippen molar-refractivity contribution in [1.29, 1.82) is 0 Å². The fourth-order valence-electron chi connectivity index (χ4n) is 3.67. The molecule has 4 rings (SSSR count). The number of aromatic nitrogens is 3. The van der Waals surface area contributed by atoms with Gasteiger partial charge in [-0.1, -0.05) is 49.4 Å². The van der Waals surface area contributed by atoms with Crippen molar-refractivity contribution in [1.82, 2.24) is 14.8 Å². The fourth-order valence-corrected chi connectivity index (χ4v) is 4.90. The number of nitrogens with zero attached hydrogens (tertiary/aromatic N) is 3. The fraction of sp³-hybridized carbons (Fsp3) is 0.471. The molecule has 2 heterocycles. The smallest absolute Gasteiger partial charge is 0.190 e. The predicted octanol–water partition coefficient (Wildman–Crippen LogP) is 2.76. The van der Waals surface area contributed by atoms with Crippen molar-refractivity contribution in [2.45, 2.75) is 49.7 Å². The standard InChI is InChI=1S/C17H19N3O2S/c1-10-5-4-6-11(7-10)14-18-15-20(19-14)17(22)9-16(2,3)8-12(21)13(17)23-15/h4-7,13,22H,8-9H2,1-3H3/t13-,17-/m1/s1. The number of hydrogen-bond acceptors (Lipinski definition) is 5. The Labute approximate surface area is 139 Å². The van der Waals surface area contributed by atoms with Gasteiger partial charge in [0, 0.05) is 18.4 Å². The maximum Gasteiger partial charge on any atom is 0.190 e. The number of hydrogen-bond donors (Lipinski definition) is 1. The first kappa shape index (κ1) is 14.9. The van der Waals surface area contributed by atoms with Crippen molar-refractivity contribution in [3.8, 4) is 11.4 Å². The average molecular weight is 329 g/mol. The Balaban J connectivity index is 1.78. The van der Waals surface area contributed by atoms with E-state index in [1.807, 2.05) is 45.0 Å². The van der Waals surface area contributed by atoms with Gasteiger partial charge in [-0.3, -0.25) is 4.79 Å². The molecule has 1 fully saturated rings. The van der Waals surface area contributed by atoms with Gasteiger partial charge in [-0.05, 0) is 18.4 Å². The lowest BCUT2D eigenvalue weighted by molar-refractivity contribution is -0.146. The van der Waals surface area contributed by atoms with Gasteiger partial charge in [0.25, 0.3) is 0 Å². The molecule has 1 aliphatic heterocycles. The van der Waals surface area contributed by atoms with Gasteiger partial charge in [0.05, 0.1) is 0 Å².